The van der Waals surface area contributed by atoms with Gasteiger partial charge in [-0.15, -0.1) is 0 Å². The summed E-state index contributed by atoms with van der Waals surface area (Å²) in [4.78, 5) is 26.9. The van der Waals surface area contributed by atoms with E-state index in [4.69, 9.17) is 4.74 Å². The highest BCUT2D eigenvalue weighted by Crippen LogP contribution is 2.46. The van der Waals surface area contributed by atoms with Gasteiger partial charge in [0.25, 0.3) is 0 Å². The second-order valence-corrected chi connectivity index (χ2v) is 7.83. The third-order valence-electron chi connectivity index (χ3n) is 6.32. The molecule has 6 nitrogen and oxygen atoms in total. The molecule has 2 aliphatic heterocycles. The van der Waals surface area contributed by atoms with E-state index in [1.165, 1.54) is 0 Å². The van der Waals surface area contributed by atoms with Gasteiger partial charge in [0.2, 0.25) is 5.91 Å². The van der Waals surface area contributed by atoms with Gasteiger partial charge in [0.15, 0.2) is 0 Å². The molecule has 3 heterocycles. The number of nitrogens with zero attached hydrogens (tertiary/aromatic N) is 3. The van der Waals surface area contributed by atoms with E-state index in [9.17, 15) is 9.59 Å². The number of likely N-dealkylation sites (tertiary alicyclic amines) is 1. The van der Waals surface area contributed by atoms with Crippen molar-refractivity contribution in [1.82, 2.24) is 14.7 Å². The number of aryl methyl sites for hydroxylation is 1. The zero-order chi connectivity index (χ0) is 17.3. The van der Waals surface area contributed by atoms with Crippen LogP contribution in [0.1, 0.15) is 51.4 Å². The lowest BCUT2D eigenvalue weighted by Crippen LogP contribution is -2.47. The van der Waals surface area contributed by atoms with E-state index in [2.05, 4.69) is 5.10 Å². The maximum Gasteiger partial charge on any atom is 0.307 e. The highest BCUT2D eigenvalue weighted by atomic mass is 16.6. The van der Waals surface area contributed by atoms with E-state index in [1.54, 1.807) is 0 Å². The monoisotopic (exact) mass is 345 g/mol. The Bertz CT molecular complexity index is 614. The van der Waals surface area contributed by atoms with Gasteiger partial charge in [-0.05, 0) is 56.9 Å². The van der Waals surface area contributed by atoms with Crippen LogP contribution < -0.4 is 0 Å². The molecule has 1 aliphatic carbocycles. The Balaban J connectivity index is 1.31. The van der Waals surface area contributed by atoms with Gasteiger partial charge >= 0.3 is 5.97 Å². The Hall–Kier alpha value is -1.85. The van der Waals surface area contributed by atoms with Crippen molar-refractivity contribution in [2.24, 2.45) is 11.8 Å². The second-order valence-electron chi connectivity index (χ2n) is 7.83. The zero-order valence-electron chi connectivity index (χ0n) is 14.7. The summed E-state index contributed by atoms with van der Waals surface area (Å²) >= 11 is 0. The molecular formula is C19H27N3O3. The molecule has 0 N–H and O–H groups in total. The molecule has 1 amide bonds. The fourth-order valence-corrected chi connectivity index (χ4v) is 4.84. The van der Waals surface area contributed by atoms with Gasteiger partial charge in [0, 0.05) is 32.0 Å². The molecule has 136 valence electrons. The molecule has 1 saturated carbocycles. The largest absolute Gasteiger partial charge is 0.458 e. The fourth-order valence-electron chi connectivity index (χ4n) is 4.84. The highest BCUT2D eigenvalue weighted by molar-refractivity contribution is 5.88. The summed E-state index contributed by atoms with van der Waals surface area (Å²) in [5, 5.41) is 4.25. The van der Waals surface area contributed by atoms with Crippen LogP contribution in [-0.2, 0) is 20.9 Å². The third-order valence-corrected chi connectivity index (χ3v) is 6.32. The number of carbonyl (C=O) groups excluding carboxylic acids is 2. The van der Waals surface area contributed by atoms with Crippen molar-refractivity contribution in [3.05, 3.63) is 18.5 Å². The van der Waals surface area contributed by atoms with Gasteiger partial charge in [-0.1, -0.05) is 0 Å². The number of amides is 1. The second kappa shape index (κ2) is 6.81. The Morgan fingerprint density at radius 3 is 2.72 bits per heavy atom. The summed E-state index contributed by atoms with van der Waals surface area (Å²) in [6.07, 6.45) is 11.1. The number of hydrogen-bond acceptors (Lipinski definition) is 4. The topological polar surface area (TPSA) is 64.4 Å². The molecule has 0 radical (unpaired) electrons. The molecule has 6 heteroatoms. The predicted octanol–water partition coefficient (Wildman–Crippen LogP) is 2.39. The molecule has 0 unspecified atom stereocenters. The lowest BCUT2D eigenvalue weighted by atomic mass is 9.83. The van der Waals surface area contributed by atoms with Crippen LogP contribution in [-0.4, -0.2) is 45.2 Å². The molecule has 2 saturated heterocycles. The smallest absolute Gasteiger partial charge is 0.307 e. The van der Waals surface area contributed by atoms with Gasteiger partial charge < -0.3 is 9.64 Å². The van der Waals surface area contributed by atoms with E-state index in [-0.39, 0.29) is 24.2 Å². The lowest BCUT2D eigenvalue weighted by Gasteiger charge is -2.36. The fraction of sp³-hybridized carbons (Fsp3) is 0.737. The molecule has 3 aliphatic rings. The van der Waals surface area contributed by atoms with E-state index >= 15 is 0 Å². The van der Waals surface area contributed by atoms with E-state index < -0.39 is 5.60 Å². The number of ether oxygens (including phenoxy) is 1. The van der Waals surface area contributed by atoms with Crippen LogP contribution in [0.15, 0.2) is 18.5 Å². The van der Waals surface area contributed by atoms with Gasteiger partial charge in [0.1, 0.15) is 5.60 Å². The van der Waals surface area contributed by atoms with Gasteiger partial charge in [-0.2, -0.15) is 5.10 Å². The first kappa shape index (κ1) is 16.6. The molecule has 1 atom stereocenters. The van der Waals surface area contributed by atoms with Crippen molar-refractivity contribution in [3.8, 4) is 0 Å². The first-order valence-corrected chi connectivity index (χ1v) is 9.64. The molecule has 4 rings (SSSR count). The van der Waals surface area contributed by atoms with Gasteiger partial charge in [0.05, 0.1) is 12.3 Å². The molecular weight excluding hydrogens is 318 g/mol. The van der Waals surface area contributed by atoms with Crippen LogP contribution in [0.5, 0.6) is 0 Å². The summed E-state index contributed by atoms with van der Waals surface area (Å²) in [6.45, 7) is 2.56. The summed E-state index contributed by atoms with van der Waals surface area (Å²) in [5.41, 5.74) is -0.481. The summed E-state index contributed by atoms with van der Waals surface area (Å²) in [6, 6.07) is 1.95. The minimum Gasteiger partial charge on any atom is -0.458 e. The summed E-state index contributed by atoms with van der Waals surface area (Å²) in [7, 11) is 0. The van der Waals surface area contributed by atoms with Crippen molar-refractivity contribution in [2.45, 2.75) is 63.5 Å². The van der Waals surface area contributed by atoms with Crippen molar-refractivity contribution >= 4 is 11.9 Å². The number of hydrogen-bond donors (Lipinski definition) is 0. The first-order chi connectivity index (χ1) is 12.2. The molecule has 25 heavy (non-hydrogen) atoms. The van der Waals surface area contributed by atoms with E-state index in [1.807, 2.05) is 28.0 Å². The van der Waals surface area contributed by atoms with E-state index in [0.717, 1.165) is 64.6 Å². The SMILES string of the molecule is O=C1C[C@@H](C(=O)N2CCC(CCn3cccn3)CC2)C2(CCCC2)O1. The van der Waals surface area contributed by atoms with Gasteiger partial charge in [-0.3, -0.25) is 14.3 Å². The Morgan fingerprint density at radius 1 is 1.28 bits per heavy atom. The van der Waals surface area contributed by atoms with Crippen LogP contribution in [0.4, 0.5) is 0 Å². The van der Waals surface area contributed by atoms with Crippen LogP contribution in [0.2, 0.25) is 0 Å². The molecule has 0 bridgehead atoms. The quantitative estimate of drug-likeness (QED) is 0.786. The highest BCUT2D eigenvalue weighted by Gasteiger charge is 2.54. The lowest BCUT2D eigenvalue weighted by molar-refractivity contribution is -0.152. The molecule has 1 aromatic rings. The van der Waals surface area contributed by atoms with Crippen molar-refractivity contribution in [1.29, 1.82) is 0 Å². The average Bonchev–Trinajstić information content (AvgIpc) is 3.36. The molecule has 0 aromatic carbocycles. The van der Waals surface area contributed by atoms with E-state index in [0.29, 0.717) is 5.92 Å². The van der Waals surface area contributed by atoms with Gasteiger partial charge in [-0.25, -0.2) is 0 Å². The number of aromatic nitrogens is 2. The standard InChI is InChI=1S/C19H27N3O3/c23-17-14-16(19(25-17)7-1-2-8-19)18(24)21-11-4-15(5-12-21)6-13-22-10-3-9-20-22/h3,9-10,15-16H,1-2,4-8,11-14H2/t16-/m0/s1. The van der Waals surface area contributed by atoms with Crippen molar-refractivity contribution < 1.29 is 14.3 Å². The maximum atomic E-state index is 13.0. The Kier molecular flexibility index (Phi) is 4.52. The zero-order valence-corrected chi connectivity index (χ0v) is 14.7. The Morgan fingerprint density at radius 2 is 2.04 bits per heavy atom. The third kappa shape index (κ3) is 3.31. The predicted molar refractivity (Wildman–Crippen MR) is 91.5 cm³/mol. The first-order valence-electron chi connectivity index (χ1n) is 9.64. The van der Waals surface area contributed by atoms with Crippen LogP contribution in [0, 0.1) is 11.8 Å². The number of carbonyl (C=O) groups is 2. The van der Waals surface area contributed by atoms with Crippen LogP contribution in [0.25, 0.3) is 0 Å². The summed E-state index contributed by atoms with van der Waals surface area (Å²) < 4.78 is 7.61. The van der Waals surface area contributed by atoms with Crippen LogP contribution >= 0.6 is 0 Å². The number of esters is 1. The normalized spacial score (nSPS) is 26.3. The average molecular weight is 345 g/mol. The van der Waals surface area contributed by atoms with Crippen molar-refractivity contribution in [3.63, 3.8) is 0 Å². The molecule has 3 fully saturated rings. The maximum absolute atomic E-state index is 13.0. The number of rotatable bonds is 4. The minimum atomic E-state index is -0.481. The molecule has 1 aromatic heterocycles. The van der Waals surface area contributed by atoms with Crippen molar-refractivity contribution in [2.75, 3.05) is 13.1 Å². The summed E-state index contributed by atoms with van der Waals surface area (Å²) in [5.74, 6) is 0.367. The minimum absolute atomic E-state index is 0.151. The Labute approximate surface area is 148 Å². The molecule has 1 spiro atoms. The number of piperidine rings is 1. The van der Waals surface area contributed by atoms with Crippen LogP contribution in [0.3, 0.4) is 0 Å².